The molecule has 51 heavy (non-hydrogen) atoms. The minimum atomic E-state index is 0.896. The number of para-hydroxylation sites is 1. The Bertz CT molecular complexity index is 2840. The molecule has 0 radical (unpaired) electrons. The van der Waals surface area contributed by atoms with E-state index in [0.717, 1.165) is 27.5 Å². The quantitative estimate of drug-likeness (QED) is 0.169. The highest BCUT2D eigenvalue weighted by Gasteiger charge is 2.24. The predicted octanol–water partition coefficient (Wildman–Crippen LogP) is 14.2. The van der Waals surface area contributed by atoms with E-state index in [0.29, 0.717) is 0 Å². The van der Waals surface area contributed by atoms with Crippen LogP contribution in [0.3, 0.4) is 0 Å². The van der Waals surface area contributed by atoms with E-state index in [-0.39, 0.29) is 0 Å². The molecule has 0 spiro atoms. The number of fused-ring (bicyclic) bond motifs is 5. The maximum Gasteiger partial charge on any atom is 0.136 e. The Hall–Kier alpha value is -6.70. The van der Waals surface area contributed by atoms with Crippen molar-refractivity contribution in [3.63, 3.8) is 0 Å². The van der Waals surface area contributed by atoms with Gasteiger partial charge in [-0.15, -0.1) is 0 Å². The van der Waals surface area contributed by atoms with E-state index in [1.165, 1.54) is 71.6 Å². The third-order valence-corrected chi connectivity index (χ3v) is 10.3. The third-order valence-electron chi connectivity index (χ3n) is 10.3. The first-order chi connectivity index (χ1) is 25.3. The molecule has 1 heterocycles. The minimum absolute atomic E-state index is 0.896. The van der Waals surface area contributed by atoms with Gasteiger partial charge in [0.1, 0.15) is 11.2 Å². The molecule has 1 aromatic heterocycles. The first-order valence-corrected chi connectivity index (χ1v) is 17.5. The van der Waals surface area contributed by atoms with Crippen molar-refractivity contribution in [2.75, 3.05) is 0 Å². The summed E-state index contributed by atoms with van der Waals surface area (Å²) in [5.41, 5.74) is 13.9. The highest BCUT2D eigenvalue weighted by molar-refractivity contribution is 6.25. The van der Waals surface area contributed by atoms with Crippen LogP contribution in [0.4, 0.5) is 0 Å². The van der Waals surface area contributed by atoms with Crippen molar-refractivity contribution in [2.24, 2.45) is 0 Å². The molecular weight excluding hydrogens is 617 g/mol. The van der Waals surface area contributed by atoms with Crippen LogP contribution in [-0.2, 0) is 0 Å². The van der Waals surface area contributed by atoms with E-state index in [1.807, 2.05) is 6.07 Å². The summed E-state index contributed by atoms with van der Waals surface area (Å²) in [6, 6.07) is 70.0. The number of hydrogen-bond acceptors (Lipinski definition) is 1. The van der Waals surface area contributed by atoms with Gasteiger partial charge in [-0.2, -0.15) is 0 Å². The monoisotopic (exact) mass is 648 g/mol. The molecule has 1 heteroatoms. The zero-order valence-corrected chi connectivity index (χ0v) is 27.9. The lowest BCUT2D eigenvalue weighted by atomic mass is 9.80. The average molecular weight is 649 g/mol. The van der Waals surface area contributed by atoms with Gasteiger partial charge >= 0.3 is 0 Å². The molecule has 0 atom stereocenters. The highest BCUT2D eigenvalue weighted by Crippen LogP contribution is 2.51. The topological polar surface area (TPSA) is 13.1 Å². The summed E-state index contributed by atoms with van der Waals surface area (Å²) in [5, 5.41) is 7.18. The van der Waals surface area contributed by atoms with Crippen molar-refractivity contribution in [2.45, 2.75) is 0 Å². The van der Waals surface area contributed by atoms with Crippen molar-refractivity contribution >= 4 is 43.5 Å². The van der Waals surface area contributed by atoms with Gasteiger partial charge in [0, 0.05) is 10.8 Å². The van der Waals surface area contributed by atoms with Crippen molar-refractivity contribution in [1.82, 2.24) is 0 Å². The summed E-state index contributed by atoms with van der Waals surface area (Å²) in [4.78, 5) is 0. The number of rotatable bonds is 5. The fourth-order valence-corrected chi connectivity index (χ4v) is 8.16. The maximum atomic E-state index is 6.43. The Morgan fingerprint density at radius 2 is 0.667 bits per heavy atom. The van der Waals surface area contributed by atoms with Crippen LogP contribution in [0, 0.1) is 0 Å². The standard InChI is InChI=1S/C50H32O/c1-3-17-33(18-4-1)35-21-7-8-22-37(35)47-38-23-9-11-25-41(38)50(42-26-12-10-24-39(42)47)49-36(34-19-5-2-6-20-34)28-15-29-43(49)40-30-16-32-46-48(40)44-27-13-14-31-45(44)51-46/h1-32H. The summed E-state index contributed by atoms with van der Waals surface area (Å²) in [7, 11) is 0. The molecule has 0 saturated heterocycles. The van der Waals surface area contributed by atoms with E-state index >= 15 is 0 Å². The van der Waals surface area contributed by atoms with Gasteiger partial charge in [0.2, 0.25) is 0 Å². The van der Waals surface area contributed by atoms with E-state index in [4.69, 9.17) is 4.42 Å². The fourth-order valence-electron chi connectivity index (χ4n) is 8.16. The van der Waals surface area contributed by atoms with Crippen LogP contribution in [0.2, 0.25) is 0 Å². The molecular formula is C50H32O. The average Bonchev–Trinajstić information content (AvgIpc) is 3.60. The summed E-state index contributed by atoms with van der Waals surface area (Å²) in [5.74, 6) is 0. The van der Waals surface area contributed by atoms with Gasteiger partial charge in [0.05, 0.1) is 0 Å². The second-order valence-electron chi connectivity index (χ2n) is 13.1. The molecule has 0 N–H and O–H groups in total. The Kier molecular flexibility index (Phi) is 6.89. The fraction of sp³-hybridized carbons (Fsp3) is 0. The van der Waals surface area contributed by atoms with Crippen LogP contribution in [-0.4, -0.2) is 0 Å². The van der Waals surface area contributed by atoms with Crippen LogP contribution in [0.5, 0.6) is 0 Å². The van der Waals surface area contributed by atoms with E-state index in [2.05, 4.69) is 188 Å². The van der Waals surface area contributed by atoms with Gasteiger partial charge in [-0.1, -0.05) is 182 Å². The Morgan fingerprint density at radius 3 is 1.33 bits per heavy atom. The van der Waals surface area contributed by atoms with Crippen LogP contribution < -0.4 is 0 Å². The van der Waals surface area contributed by atoms with E-state index in [1.54, 1.807) is 0 Å². The molecule has 10 rings (SSSR count). The van der Waals surface area contributed by atoms with Crippen LogP contribution >= 0.6 is 0 Å². The zero-order chi connectivity index (χ0) is 33.7. The Labute approximate surface area is 296 Å². The van der Waals surface area contributed by atoms with Crippen LogP contribution in [0.1, 0.15) is 0 Å². The van der Waals surface area contributed by atoms with Gasteiger partial charge in [0.25, 0.3) is 0 Å². The molecule has 0 aliphatic rings. The van der Waals surface area contributed by atoms with Gasteiger partial charge in [0.15, 0.2) is 0 Å². The minimum Gasteiger partial charge on any atom is -0.456 e. The highest BCUT2D eigenvalue weighted by atomic mass is 16.3. The summed E-state index contributed by atoms with van der Waals surface area (Å²) in [6.45, 7) is 0. The SMILES string of the molecule is c1ccc(-c2ccccc2-c2c3ccccc3c(-c3c(-c4ccccc4)cccc3-c3cccc4oc5ccccc5c34)c3ccccc23)cc1. The number of furan rings is 1. The molecule has 9 aromatic carbocycles. The van der Waals surface area contributed by atoms with Crippen molar-refractivity contribution < 1.29 is 4.42 Å². The normalized spacial score (nSPS) is 11.5. The van der Waals surface area contributed by atoms with Gasteiger partial charge < -0.3 is 4.42 Å². The maximum absolute atomic E-state index is 6.43. The second kappa shape index (κ2) is 12.0. The zero-order valence-electron chi connectivity index (χ0n) is 27.9. The Balaban J connectivity index is 1.37. The lowest BCUT2D eigenvalue weighted by Crippen LogP contribution is -1.96. The van der Waals surface area contributed by atoms with Crippen molar-refractivity contribution in [1.29, 1.82) is 0 Å². The molecule has 1 nitrogen and oxygen atoms in total. The van der Waals surface area contributed by atoms with E-state index < -0.39 is 0 Å². The summed E-state index contributed by atoms with van der Waals surface area (Å²) < 4.78 is 6.43. The van der Waals surface area contributed by atoms with Crippen molar-refractivity contribution in [3.8, 4) is 55.6 Å². The first-order valence-electron chi connectivity index (χ1n) is 17.5. The van der Waals surface area contributed by atoms with Crippen molar-refractivity contribution in [3.05, 3.63) is 194 Å². The lowest BCUT2D eigenvalue weighted by Gasteiger charge is -2.23. The largest absolute Gasteiger partial charge is 0.456 e. The molecule has 0 amide bonds. The summed E-state index contributed by atoms with van der Waals surface area (Å²) >= 11 is 0. The summed E-state index contributed by atoms with van der Waals surface area (Å²) in [6.07, 6.45) is 0. The van der Waals surface area contributed by atoms with E-state index in [9.17, 15) is 0 Å². The van der Waals surface area contributed by atoms with Gasteiger partial charge in [-0.25, -0.2) is 0 Å². The molecule has 0 bridgehead atoms. The van der Waals surface area contributed by atoms with Crippen LogP contribution in [0.25, 0.3) is 99.1 Å². The Morgan fingerprint density at radius 1 is 0.235 bits per heavy atom. The third kappa shape index (κ3) is 4.70. The molecule has 0 saturated carbocycles. The second-order valence-corrected chi connectivity index (χ2v) is 13.1. The molecule has 0 aliphatic heterocycles. The number of benzene rings is 9. The van der Waals surface area contributed by atoms with Crippen LogP contribution in [0.15, 0.2) is 199 Å². The molecule has 0 aliphatic carbocycles. The molecule has 0 unspecified atom stereocenters. The molecule has 10 aromatic rings. The number of hydrogen-bond donors (Lipinski definition) is 0. The van der Waals surface area contributed by atoms with Gasteiger partial charge in [-0.3, -0.25) is 0 Å². The first kappa shape index (κ1) is 29.2. The smallest absolute Gasteiger partial charge is 0.136 e. The molecule has 0 fully saturated rings. The lowest BCUT2D eigenvalue weighted by molar-refractivity contribution is 0.669. The van der Waals surface area contributed by atoms with Gasteiger partial charge in [-0.05, 0) is 89.3 Å². The predicted molar refractivity (Wildman–Crippen MR) is 216 cm³/mol. The molecule has 238 valence electrons.